The molecule has 0 unspecified atom stereocenters. The van der Waals surface area contributed by atoms with Crippen molar-refractivity contribution in [1.29, 1.82) is 0 Å². The van der Waals surface area contributed by atoms with E-state index in [1.807, 2.05) is 56.3 Å². The van der Waals surface area contributed by atoms with Gasteiger partial charge in [-0.15, -0.1) is 0 Å². The normalized spacial score (nSPS) is 11.2. The van der Waals surface area contributed by atoms with Crippen molar-refractivity contribution in [3.05, 3.63) is 79.6 Å². The number of anilines is 2. The molecule has 3 aromatic rings. The summed E-state index contributed by atoms with van der Waals surface area (Å²) in [5.74, 6) is 0.430. The van der Waals surface area contributed by atoms with Crippen molar-refractivity contribution in [2.75, 3.05) is 5.32 Å². The van der Waals surface area contributed by atoms with Gasteiger partial charge < -0.3 is 5.32 Å². The van der Waals surface area contributed by atoms with Crippen LogP contribution in [0.5, 0.6) is 0 Å². The predicted octanol–water partition coefficient (Wildman–Crippen LogP) is 4.43. The number of rotatable bonds is 4. The van der Waals surface area contributed by atoms with E-state index < -0.39 is 10.9 Å². The highest BCUT2D eigenvalue weighted by Crippen LogP contribution is 2.29. The van der Waals surface area contributed by atoms with Crippen LogP contribution in [0.1, 0.15) is 36.5 Å². The second-order valence-electron chi connectivity index (χ2n) is 6.63. The van der Waals surface area contributed by atoms with Crippen LogP contribution in [0.2, 0.25) is 0 Å². The van der Waals surface area contributed by atoms with E-state index >= 15 is 0 Å². The number of benzene rings is 2. The van der Waals surface area contributed by atoms with Gasteiger partial charge in [-0.05, 0) is 48.1 Å². The molecule has 3 rings (SSSR count). The minimum absolute atomic E-state index is 0.394. The average molecular weight is 319 g/mol. The lowest BCUT2D eigenvalue weighted by atomic mass is 9.95. The summed E-state index contributed by atoms with van der Waals surface area (Å²) in [5.41, 5.74) is 5.01. The summed E-state index contributed by atoms with van der Waals surface area (Å²) < 4.78 is 0. The van der Waals surface area contributed by atoms with Crippen molar-refractivity contribution >= 4 is 11.4 Å². The third kappa shape index (κ3) is 2.78. The molecule has 0 aliphatic rings. The van der Waals surface area contributed by atoms with Crippen LogP contribution in [0.15, 0.2) is 52.1 Å². The Bertz CT molecular complexity index is 959. The van der Waals surface area contributed by atoms with Crippen LogP contribution >= 0.6 is 0 Å². The van der Waals surface area contributed by atoms with Crippen LogP contribution in [-0.2, 0) is 0 Å². The molecule has 1 N–H and O–H groups in total. The van der Waals surface area contributed by atoms with Gasteiger partial charge in [-0.1, -0.05) is 50.2 Å². The number of aryl methyl sites for hydroxylation is 2. The molecule has 3 heteroatoms. The molecule has 0 radical (unpaired) electrons. The van der Waals surface area contributed by atoms with E-state index in [2.05, 4.69) is 19.2 Å². The van der Waals surface area contributed by atoms with Crippen molar-refractivity contribution in [3.8, 4) is 11.1 Å². The molecule has 0 saturated heterocycles. The van der Waals surface area contributed by atoms with Crippen molar-refractivity contribution in [3.63, 3.8) is 0 Å². The molecule has 0 heterocycles. The summed E-state index contributed by atoms with van der Waals surface area (Å²) in [7, 11) is 0. The maximum atomic E-state index is 12.1. The molecular weight excluding hydrogens is 298 g/mol. The first-order valence-electron chi connectivity index (χ1n) is 8.16. The molecule has 3 aromatic carbocycles. The second kappa shape index (κ2) is 6.08. The van der Waals surface area contributed by atoms with Crippen LogP contribution in [-0.4, -0.2) is 0 Å². The van der Waals surface area contributed by atoms with Gasteiger partial charge in [-0.2, -0.15) is 0 Å². The third-order valence-electron chi connectivity index (χ3n) is 4.43. The standard InChI is InChI=1S/C21H21NO2/c1-12(2)15-7-9-16(10-8-15)18-19(21(24)20(18)23)22-17-11-13(3)5-6-14(17)4/h5-12,22H,1-4H3. The summed E-state index contributed by atoms with van der Waals surface area (Å²) in [6, 6.07) is 13.9. The highest BCUT2D eigenvalue weighted by atomic mass is 16.2. The molecule has 0 amide bonds. The molecule has 0 fully saturated rings. The van der Waals surface area contributed by atoms with Gasteiger partial charge in [-0.25, -0.2) is 0 Å². The minimum Gasteiger partial charge on any atom is -0.351 e. The maximum absolute atomic E-state index is 12.1. The Labute approximate surface area is 141 Å². The van der Waals surface area contributed by atoms with Gasteiger partial charge in [0.1, 0.15) is 5.69 Å². The molecule has 3 nitrogen and oxygen atoms in total. The largest absolute Gasteiger partial charge is 0.351 e. The Hall–Kier alpha value is -2.68. The molecule has 0 saturated carbocycles. The highest BCUT2D eigenvalue weighted by molar-refractivity contribution is 5.85. The van der Waals surface area contributed by atoms with Gasteiger partial charge in [0.25, 0.3) is 5.43 Å². The number of hydrogen-bond acceptors (Lipinski definition) is 3. The molecule has 0 bridgehead atoms. The summed E-state index contributed by atoms with van der Waals surface area (Å²) in [6.45, 7) is 8.22. The predicted molar refractivity (Wildman–Crippen MR) is 100 cm³/mol. The first-order valence-corrected chi connectivity index (χ1v) is 8.16. The third-order valence-corrected chi connectivity index (χ3v) is 4.43. The lowest BCUT2D eigenvalue weighted by Gasteiger charge is -2.16. The zero-order valence-electron chi connectivity index (χ0n) is 14.4. The molecule has 0 aliphatic carbocycles. The average Bonchev–Trinajstić information content (AvgIpc) is 2.57. The molecule has 24 heavy (non-hydrogen) atoms. The van der Waals surface area contributed by atoms with Crippen molar-refractivity contribution in [2.45, 2.75) is 33.6 Å². The molecule has 0 spiro atoms. The van der Waals surface area contributed by atoms with Crippen molar-refractivity contribution in [2.24, 2.45) is 0 Å². The van der Waals surface area contributed by atoms with Crippen LogP contribution in [0, 0.1) is 13.8 Å². The van der Waals surface area contributed by atoms with E-state index in [9.17, 15) is 9.59 Å². The number of nitrogens with one attached hydrogen (secondary N) is 1. The summed E-state index contributed by atoms with van der Waals surface area (Å²) in [5, 5.41) is 3.16. The molecule has 0 atom stereocenters. The Morgan fingerprint density at radius 2 is 1.54 bits per heavy atom. The lowest BCUT2D eigenvalue weighted by molar-refractivity contribution is 0.867. The van der Waals surface area contributed by atoms with Gasteiger partial charge in [0.2, 0.25) is 5.43 Å². The molecule has 0 aromatic heterocycles. The summed E-state index contributed by atoms with van der Waals surface area (Å²) in [4.78, 5) is 24.1. The monoisotopic (exact) mass is 319 g/mol. The van der Waals surface area contributed by atoms with E-state index in [-0.39, 0.29) is 0 Å². The first kappa shape index (κ1) is 16.2. The van der Waals surface area contributed by atoms with Crippen LogP contribution in [0.25, 0.3) is 11.1 Å². The molecular formula is C21H21NO2. The lowest BCUT2D eigenvalue weighted by Crippen LogP contribution is -2.35. The molecule has 0 aliphatic heterocycles. The Morgan fingerprint density at radius 3 is 2.17 bits per heavy atom. The highest BCUT2D eigenvalue weighted by Gasteiger charge is 2.22. The fourth-order valence-corrected chi connectivity index (χ4v) is 2.83. The first-order chi connectivity index (χ1) is 11.4. The van der Waals surface area contributed by atoms with Gasteiger partial charge in [-0.3, -0.25) is 9.59 Å². The Balaban J connectivity index is 2.00. The van der Waals surface area contributed by atoms with Crippen molar-refractivity contribution in [1.82, 2.24) is 0 Å². The fraction of sp³-hybridized carbons (Fsp3) is 0.238. The number of hydrogen-bond donors (Lipinski definition) is 1. The smallest absolute Gasteiger partial charge is 0.250 e. The quantitative estimate of drug-likeness (QED) is 0.723. The van der Waals surface area contributed by atoms with Crippen molar-refractivity contribution < 1.29 is 0 Å². The van der Waals surface area contributed by atoms with E-state index in [1.165, 1.54) is 5.56 Å². The Morgan fingerprint density at radius 1 is 0.875 bits per heavy atom. The topological polar surface area (TPSA) is 46.2 Å². The zero-order valence-corrected chi connectivity index (χ0v) is 14.4. The van der Waals surface area contributed by atoms with E-state index in [0.29, 0.717) is 17.2 Å². The van der Waals surface area contributed by atoms with Gasteiger partial charge in [0.15, 0.2) is 0 Å². The summed E-state index contributed by atoms with van der Waals surface area (Å²) in [6.07, 6.45) is 0. The molecule has 122 valence electrons. The van der Waals surface area contributed by atoms with Gasteiger partial charge in [0.05, 0.1) is 5.56 Å². The Kier molecular flexibility index (Phi) is 4.10. The van der Waals surface area contributed by atoms with E-state index in [0.717, 1.165) is 22.4 Å². The van der Waals surface area contributed by atoms with Gasteiger partial charge in [0, 0.05) is 5.69 Å². The minimum atomic E-state index is -0.446. The van der Waals surface area contributed by atoms with Crippen LogP contribution in [0.4, 0.5) is 11.4 Å². The van der Waals surface area contributed by atoms with Crippen LogP contribution < -0.4 is 16.2 Å². The van der Waals surface area contributed by atoms with Gasteiger partial charge >= 0.3 is 0 Å². The second-order valence-corrected chi connectivity index (χ2v) is 6.63. The maximum Gasteiger partial charge on any atom is 0.250 e. The summed E-state index contributed by atoms with van der Waals surface area (Å²) >= 11 is 0. The van der Waals surface area contributed by atoms with E-state index in [1.54, 1.807) is 0 Å². The zero-order chi connectivity index (χ0) is 17.4. The van der Waals surface area contributed by atoms with E-state index in [4.69, 9.17) is 0 Å². The van der Waals surface area contributed by atoms with Crippen LogP contribution in [0.3, 0.4) is 0 Å². The fourth-order valence-electron chi connectivity index (χ4n) is 2.83. The SMILES string of the molecule is Cc1ccc(C)c(Nc2c(-c3ccc(C(C)C)cc3)c(=O)c2=O)c1.